The van der Waals surface area contributed by atoms with Gasteiger partial charge in [0.15, 0.2) is 0 Å². The van der Waals surface area contributed by atoms with Crippen molar-refractivity contribution < 1.29 is 0 Å². The van der Waals surface area contributed by atoms with Crippen LogP contribution in [0.15, 0.2) is 0 Å². The Kier molecular flexibility index (Phi) is 6.37. The molecule has 1 atom stereocenters. The molecule has 1 rings (SSSR count). The first-order valence-corrected chi connectivity index (χ1v) is 7.08. The summed E-state index contributed by atoms with van der Waals surface area (Å²) in [5.74, 6) is 2.48. The molecule has 16 heavy (non-hydrogen) atoms. The molecule has 0 heterocycles. The van der Waals surface area contributed by atoms with Crippen LogP contribution in [-0.2, 0) is 0 Å². The molecule has 0 spiro atoms. The Balaban J connectivity index is 2.30. The lowest BCUT2D eigenvalue weighted by Crippen LogP contribution is -2.35. The van der Waals surface area contributed by atoms with Gasteiger partial charge in [0.2, 0.25) is 0 Å². The van der Waals surface area contributed by atoms with E-state index in [0.717, 1.165) is 18.4 Å². The zero-order chi connectivity index (χ0) is 12.0. The summed E-state index contributed by atoms with van der Waals surface area (Å²) in [4.78, 5) is 2.65. The van der Waals surface area contributed by atoms with Crippen molar-refractivity contribution in [2.45, 2.75) is 46.5 Å². The Morgan fingerprint density at radius 2 is 2.00 bits per heavy atom. The predicted molar refractivity (Wildman–Crippen MR) is 71.5 cm³/mol. The lowest BCUT2D eigenvalue weighted by Gasteiger charge is -2.27. The highest BCUT2D eigenvalue weighted by atomic mass is 15.1. The van der Waals surface area contributed by atoms with Crippen LogP contribution in [0, 0.1) is 17.8 Å². The van der Waals surface area contributed by atoms with Crippen molar-refractivity contribution >= 4 is 0 Å². The maximum atomic E-state index is 5.89. The number of nitrogens with zero attached hydrogens (tertiary/aromatic N) is 1. The summed E-state index contributed by atoms with van der Waals surface area (Å²) in [6.07, 6.45) is 5.46. The molecule has 2 nitrogen and oxygen atoms in total. The monoisotopic (exact) mass is 226 g/mol. The van der Waals surface area contributed by atoms with Gasteiger partial charge < -0.3 is 10.6 Å². The van der Waals surface area contributed by atoms with E-state index < -0.39 is 0 Å². The second kappa shape index (κ2) is 7.29. The quantitative estimate of drug-likeness (QED) is 0.655. The summed E-state index contributed by atoms with van der Waals surface area (Å²) >= 11 is 0. The molecule has 0 aromatic carbocycles. The molecule has 0 aromatic rings. The van der Waals surface area contributed by atoms with Gasteiger partial charge in [-0.1, -0.05) is 20.8 Å². The minimum atomic E-state index is 0.699. The van der Waals surface area contributed by atoms with Crippen molar-refractivity contribution in [3.8, 4) is 0 Å². The van der Waals surface area contributed by atoms with Gasteiger partial charge in [0, 0.05) is 13.1 Å². The third-order valence-corrected chi connectivity index (χ3v) is 3.41. The molecule has 0 bridgehead atoms. The predicted octanol–water partition coefficient (Wildman–Crippen LogP) is 2.73. The lowest BCUT2D eigenvalue weighted by molar-refractivity contribution is 0.210. The van der Waals surface area contributed by atoms with Gasteiger partial charge in [0.05, 0.1) is 0 Å². The summed E-state index contributed by atoms with van der Waals surface area (Å²) in [6, 6.07) is 0. The third kappa shape index (κ3) is 5.86. The summed E-state index contributed by atoms with van der Waals surface area (Å²) < 4.78 is 0. The lowest BCUT2D eigenvalue weighted by atomic mass is 9.96. The van der Waals surface area contributed by atoms with Crippen LogP contribution in [0.4, 0.5) is 0 Å². The summed E-state index contributed by atoms with van der Waals surface area (Å²) in [6.45, 7) is 11.5. The SMILES string of the molecule is CCCN(CC1CC1)CC(CN)CC(C)C. The van der Waals surface area contributed by atoms with Gasteiger partial charge >= 0.3 is 0 Å². The van der Waals surface area contributed by atoms with Gasteiger partial charge in [-0.15, -0.1) is 0 Å². The fraction of sp³-hybridized carbons (Fsp3) is 1.00. The van der Waals surface area contributed by atoms with Gasteiger partial charge in [-0.25, -0.2) is 0 Å². The number of nitrogens with two attached hydrogens (primary N) is 1. The molecule has 1 aliphatic carbocycles. The summed E-state index contributed by atoms with van der Waals surface area (Å²) in [5, 5.41) is 0. The molecule has 0 aliphatic heterocycles. The molecule has 0 saturated heterocycles. The Bertz CT molecular complexity index is 176. The van der Waals surface area contributed by atoms with Gasteiger partial charge in [0.25, 0.3) is 0 Å². The van der Waals surface area contributed by atoms with Crippen molar-refractivity contribution in [1.29, 1.82) is 0 Å². The summed E-state index contributed by atoms with van der Waals surface area (Å²) in [5.41, 5.74) is 5.89. The Hall–Kier alpha value is -0.0800. The van der Waals surface area contributed by atoms with Crippen molar-refractivity contribution in [2.75, 3.05) is 26.2 Å². The van der Waals surface area contributed by atoms with Gasteiger partial charge in [-0.05, 0) is 56.5 Å². The van der Waals surface area contributed by atoms with Crippen molar-refractivity contribution in [3.63, 3.8) is 0 Å². The van der Waals surface area contributed by atoms with E-state index in [0.29, 0.717) is 5.92 Å². The normalized spacial score (nSPS) is 18.4. The van der Waals surface area contributed by atoms with Gasteiger partial charge in [-0.2, -0.15) is 0 Å². The molecule has 1 fully saturated rings. The van der Waals surface area contributed by atoms with Crippen LogP contribution >= 0.6 is 0 Å². The molecular weight excluding hydrogens is 196 g/mol. The minimum absolute atomic E-state index is 0.699. The maximum absolute atomic E-state index is 5.89. The van der Waals surface area contributed by atoms with Crippen LogP contribution in [0.3, 0.4) is 0 Å². The van der Waals surface area contributed by atoms with E-state index in [1.165, 1.54) is 45.3 Å². The first kappa shape index (κ1) is 14.0. The zero-order valence-electron chi connectivity index (χ0n) is 11.4. The van der Waals surface area contributed by atoms with E-state index in [1.807, 2.05) is 0 Å². The summed E-state index contributed by atoms with van der Waals surface area (Å²) in [7, 11) is 0. The Morgan fingerprint density at radius 1 is 1.31 bits per heavy atom. The number of hydrogen-bond acceptors (Lipinski definition) is 2. The highest BCUT2D eigenvalue weighted by molar-refractivity contribution is 4.78. The largest absolute Gasteiger partial charge is 0.330 e. The minimum Gasteiger partial charge on any atom is -0.330 e. The zero-order valence-corrected chi connectivity index (χ0v) is 11.4. The number of rotatable bonds is 9. The van der Waals surface area contributed by atoms with Crippen molar-refractivity contribution in [2.24, 2.45) is 23.5 Å². The van der Waals surface area contributed by atoms with E-state index in [9.17, 15) is 0 Å². The molecule has 0 radical (unpaired) electrons. The van der Waals surface area contributed by atoms with E-state index in [1.54, 1.807) is 0 Å². The molecule has 2 N–H and O–H groups in total. The average molecular weight is 226 g/mol. The van der Waals surface area contributed by atoms with Gasteiger partial charge in [0.1, 0.15) is 0 Å². The van der Waals surface area contributed by atoms with Crippen molar-refractivity contribution in [3.05, 3.63) is 0 Å². The highest BCUT2D eigenvalue weighted by Crippen LogP contribution is 2.30. The molecule has 2 heteroatoms. The van der Waals surface area contributed by atoms with Crippen LogP contribution < -0.4 is 5.73 Å². The fourth-order valence-corrected chi connectivity index (χ4v) is 2.52. The number of hydrogen-bond donors (Lipinski definition) is 1. The molecule has 1 aliphatic rings. The fourth-order valence-electron chi connectivity index (χ4n) is 2.52. The molecule has 96 valence electrons. The topological polar surface area (TPSA) is 29.3 Å². The highest BCUT2D eigenvalue weighted by Gasteiger charge is 2.25. The molecule has 0 amide bonds. The van der Waals surface area contributed by atoms with E-state index in [-0.39, 0.29) is 0 Å². The maximum Gasteiger partial charge on any atom is 0.00219 e. The smallest absolute Gasteiger partial charge is 0.00219 e. The van der Waals surface area contributed by atoms with E-state index >= 15 is 0 Å². The molecule has 0 aromatic heterocycles. The van der Waals surface area contributed by atoms with Crippen molar-refractivity contribution in [1.82, 2.24) is 4.90 Å². The molecule has 1 saturated carbocycles. The molecule has 1 unspecified atom stereocenters. The Labute approximate surface area is 102 Å². The van der Waals surface area contributed by atoms with Crippen LogP contribution in [-0.4, -0.2) is 31.1 Å². The first-order chi connectivity index (χ1) is 7.65. The van der Waals surface area contributed by atoms with Crippen LogP contribution in [0.25, 0.3) is 0 Å². The Morgan fingerprint density at radius 3 is 2.44 bits per heavy atom. The second-order valence-electron chi connectivity index (χ2n) is 5.93. The van der Waals surface area contributed by atoms with E-state index in [4.69, 9.17) is 5.73 Å². The van der Waals surface area contributed by atoms with Crippen LogP contribution in [0.5, 0.6) is 0 Å². The van der Waals surface area contributed by atoms with Gasteiger partial charge in [-0.3, -0.25) is 0 Å². The standard InChI is InChI=1S/C14H30N2/c1-4-7-16(10-13-5-6-13)11-14(9-15)8-12(2)3/h12-14H,4-11,15H2,1-3H3. The average Bonchev–Trinajstić information content (AvgIpc) is 3.00. The van der Waals surface area contributed by atoms with Crippen LogP contribution in [0.1, 0.15) is 46.5 Å². The van der Waals surface area contributed by atoms with E-state index in [2.05, 4.69) is 25.7 Å². The first-order valence-electron chi connectivity index (χ1n) is 7.08. The molecular formula is C14H30N2. The third-order valence-electron chi connectivity index (χ3n) is 3.41. The second-order valence-corrected chi connectivity index (χ2v) is 5.93. The van der Waals surface area contributed by atoms with Crippen LogP contribution in [0.2, 0.25) is 0 Å².